The number of imide groups is 1. The Hall–Kier alpha value is -2.81. The van der Waals surface area contributed by atoms with Gasteiger partial charge in [0.2, 0.25) is 11.8 Å². The third-order valence-corrected chi connectivity index (χ3v) is 5.58. The number of rotatable bonds is 8. The zero-order valence-corrected chi connectivity index (χ0v) is 17.9. The first-order valence-electron chi connectivity index (χ1n) is 10.2. The Kier molecular flexibility index (Phi) is 7.15. The molecule has 2 saturated heterocycles. The molecule has 4 amide bonds. The minimum Gasteiger partial charge on any atom is -0.493 e. The fourth-order valence-electron chi connectivity index (χ4n) is 3.83. The van der Waals surface area contributed by atoms with Crippen LogP contribution in [0, 0.1) is 0 Å². The van der Waals surface area contributed by atoms with E-state index in [1.807, 2.05) is 23.1 Å². The lowest BCUT2D eigenvalue weighted by Gasteiger charge is -2.35. The first kappa shape index (κ1) is 21.9. The van der Waals surface area contributed by atoms with Crippen LogP contribution in [0.25, 0.3) is 0 Å². The van der Waals surface area contributed by atoms with Gasteiger partial charge in [0.15, 0.2) is 11.5 Å². The summed E-state index contributed by atoms with van der Waals surface area (Å²) in [6.07, 6.45) is 0.840. The highest BCUT2D eigenvalue weighted by Gasteiger charge is 2.33. The van der Waals surface area contributed by atoms with Gasteiger partial charge in [0, 0.05) is 52.7 Å². The molecule has 0 atom stereocenters. The molecule has 2 aliphatic rings. The first-order valence-corrected chi connectivity index (χ1v) is 10.2. The predicted octanol–water partition coefficient (Wildman–Crippen LogP) is 1.02. The van der Waals surface area contributed by atoms with Gasteiger partial charge in [0.1, 0.15) is 6.54 Å². The van der Waals surface area contributed by atoms with Crippen LogP contribution in [0.5, 0.6) is 11.5 Å². The van der Waals surface area contributed by atoms with Crippen molar-refractivity contribution in [2.45, 2.75) is 19.4 Å². The van der Waals surface area contributed by atoms with E-state index in [1.54, 1.807) is 21.3 Å². The van der Waals surface area contributed by atoms with Crippen LogP contribution < -0.4 is 9.47 Å². The van der Waals surface area contributed by atoms with Crippen LogP contribution in [0.1, 0.15) is 18.4 Å². The molecule has 3 rings (SSSR count). The van der Waals surface area contributed by atoms with Crippen LogP contribution in [-0.4, -0.2) is 98.0 Å². The summed E-state index contributed by atoms with van der Waals surface area (Å²) in [6, 6.07) is 5.63. The highest BCUT2D eigenvalue weighted by atomic mass is 16.5. The van der Waals surface area contributed by atoms with E-state index >= 15 is 0 Å². The molecule has 1 aromatic rings. The lowest BCUT2D eigenvalue weighted by atomic mass is 10.1. The largest absolute Gasteiger partial charge is 0.493 e. The summed E-state index contributed by atoms with van der Waals surface area (Å²) in [7, 11) is 4.85. The minimum absolute atomic E-state index is 0.0771. The second-order valence-electron chi connectivity index (χ2n) is 7.63. The number of carbonyl (C=O) groups is 3. The molecule has 1 aromatic carbocycles. The Morgan fingerprint density at radius 2 is 1.73 bits per heavy atom. The number of urea groups is 1. The third kappa shape index (κ3) is 5.02. The molecule has 0 aliphatic carbocycles. The van der Waals surface area contributed by atoms with Crippen molar-refractivity contribution in [3.63, 3.8) is 0 Å². The van der Waals surface area contributed by atoms with Gasteiger partial charge in [-0.1, -0.05) is 6.07 Å². The van der Waals surface area contributed by atoms with E-state index in [0.717, 1.165) is 25.2 Å². The maximum absolute atomic E-state index is 12.5. The van der Waals surface area contributed by atoms with Crippen LogP contribution in [0.15, 0.2) is 18.2 Å². The fraction of sp³-hybridized carbons (Fsp3) is 0.571. The van der Waals surface area contributed by atoms with Gasteiger partial charge in [0.25, 0.3) is 0 Å². The summed E-state index contributed by atoms with van der Waals surface area (Å²) in [5.41, 5.74) is 1.14. The van der Waals surface area contributed by atoms with Crippen molar-refractivity contribution >= 4 is 17.8 Å². The van der Waals surface area contributed by atoms with E-state index < -0.39 is 0 Å². The average Bonchev–Trinajstić information content (AvgIpc) is 3.00. The Morgan fingerprint density at radius 3 is 2.33 bits per heavy atom. The van der Waals surface area contributed by atoms with Crippen molar-refractivity contribution in [1.82, 2.24) is 19.6 Å². The first-order chi connectivity index (χ1) is 14.4. The zero-order chi connectivity index (χ0) is 21.7. The molecule has 0 bridgehead atoms. The summed E-state index contributed by atoms with van der Waals surface area (Å²) < 4.78 is 10.6. The standard InChI is InChI=1S/C21H30N4O5/c1-22-15-20(27)25(21(22)28)8-4-5-19(26)24-11-9-23(10-12-24)14-16-6-7-17(29-2)18(13-16)30-3/h6-7,13H,4-5,8-12,14-15H2,1-3H3. The van der Waals surface area contributed by atoms with Crippen molar-refractivity contribution in [3.8, 4) is 11.5 Å². The number of piperazine rings is 1. The summed E-state index contributed by atoms with van der Waals surface area (Å²) >= 11 is 0. The van der Waals surface area contributed by atoms with Crippen molar-refractivity contribution in [2.75, 3.05) is 60.5 Å². The molecule has 0 spiro atoms. The van der Waals surface area contributed by atoms with Crippen LogP contribution >= 0.6 is 0 Å². The van der Waals surface area contributed by atoms with E-state index in [0.29, 0.717) is 44.0 Å². The molecule has 9 nitrogen and oxygen atoms in total. The average molecular weight is 418 g/mol. The van der Waals surface area contributed by atoms with Crippen LogP contribution in [0.4, 0.5) is 4.79 Å². The smallest absolute Gasteiger partial charge is 0.326 e. The van der Waals surface area contributed by atoms with Crippen LogP contribution in [-0.2, 0) is 16.1 Å². The normalized spacial score (nSPS) is 17.6. The molecule has 0 saturated carbocycles. The maximum atomic E-state index is 12.5. The molecule has 9 heteroatoms. The Labute approximate surface area is 177 Å². The summed E-state index contributed by atoms with van der Waals surface area (Å²) in [5.74, 6) is 1.30. The summed E-state index contributed by atoms with van der Waals surface area (Å²) in [5, 5.41) is 0. The molecular formula is C21H30N4O5. The minimum atomic E-state index is -0.281. The van der Waals surface area contributed by atoms with Crippen molar-refractivity contribution in [1.29, 1.82) is 0 Å². The SMILES string of the molecule is COc1ccc(CN2CCN(C(=O)CCCN3C(=O)CN(C)C3=O)CC2)cc1OC. The molecule has 30 heavy (non-hydrogen) atoms. The van der Waals surface area contributed by atoms with E-state index in [2.05, 4.69) is 4.90 Å². The van der Waals surface area contributed by atoms with Gasteiger partial charge in [-0.15, -0.1) is 0 Å². The van der Waals surface area contributed by atoms with Gasteiger partial charge in [-0.3, -0.25) is 19.4 Å². The molecular weight excluding hydrogens is 388 g/mol. The number of hydrogen-bond donors (Lipinski definition) is 0. The summed E-state index contributed by atoms with van der Waals surface area (Å²) in [4.78, 5) is 42.9. The molecule has 2 heterocycles. The lowest BCUT2D eigenvalue weighted by Crippen LogP contribution is -2.48. The van der Waals surface area contributed by atoms with Crippen molar-refractivity contribution in [2.24, 2.45) is 0 Å². The van der Waals surface area contributed by atoms with Gasteiger partial charge < -0.3 is 19.3 Å². The number of hydrogen-bond acceptors (Lipinski definition) is 6. The fourth-order valence-corrected chi connectivity index (χ4v) is 3.83. The second kappa shape index (κ2) is 9.80. The number of ether oxygens (including phenoxy) is 2. The number of carbonyl (C=O) groups excluding carboxylic acids is 3. The lowest BCUT2D eigenvalue weighted by molar-refractivity contribution is -0.133. The molecule has 0 aromatic heterocycles. The highest BCUT2D eigenvalue weighted by Crippen LogP contribution is 2.28. The zero-order valence-electron chi connectivity index (χ0n) is 17.9. The predicted molar refractivity (Wildman–Crippen MR) is 110 cm³/mol. The maximum Gasteiger partial charge on any atom is 0.326 e. The van der Waals surface area contributed by atoms with Crippen molar-refractivity contribution < 1.29 is 23.9 Å². The van der Waals surface area contributed by atoms with Crippen molar-refractivity contribution in [3.05, 3.63) is 23.8 Å². The molecule has 2 fully saturated rings. The number of benzene rings is 1. The number of likely N-dealkylation sites (N-methyl/N-ethyl adjacent to an activating group) is 1. The van der Waals surface area contributed by atoms with E-state index in [4.69, 9.17) is 9.47 Å². The van der Waals surface area contributed by atoms with Gasteiger partial charge in [-0.25, -0.2) is 4.79 Å². The van der Waals surface area contributed by atoms with Gasteiger partial charge >= 0.3 is 6.03 Å². The molecule has 0 unspecified atom stereocenters. The van der Waals surface area contributed by atoms with Gasteiger partial charge in [-0.2, -0.15) is 0 Å². The Morgan fingerprint density at radius 1 is 1.03 bits per heavy atom. The monoisotopic (exact) mass is 418 g/mol. The third-order valence-electron chi connectivity index (χ3n) is 5.58. The number of methoxy groups -OCH3 is 2. The van der Waals surface area contributed by atoms with Gasteiger partial charge in [0.05, 0.1) is 14.2 Å². The molecule has 164 valence electrons. The van der Waals surface area contributed by atoms with E-state index in [1.165, 1.54) is 9.80 Å². The van der Waals surface area contributed by atoms with Crippen LogP contribution in [0.3, 0.4) is 0 Å². The van der Waals surface area contributed by atoms with E-state index in [9.17, 15) is 14.4 Å². The topological polar surface area (TPSA) is 82.6 Å². The second-order valence-corrected chi connectivity index (χ2v) is 7.63. The molecule has 2 aliphatic heterocycles. The van der Waals surface area contributed by atoms with E-state index in [-0.39, 0.29) is 24.4 Å². The molecule has 0 N–H and O–H groups in total. The quantitative estimate of drug-likeness (QED) is 0.587. The van der Waals surface area contributed by atoms with Gasteiger partial charge in [-0.05, 0) is 24.1 Å². The Balaban J connectivity index is 1.41. The highest BCUT2D eigenvalue weighted by molar-refractivity contribution is 6.01. The molecule has 0 radical (unpaired) electrons. The summed E-state index contributed by atoms with van der Waals surface area (Å²) in [6.45, 7) is 4.16. The van der Waals surface area contributed by atoms with Crippen LogP contribution in [0.2, 0.25) is 0 Å². The number of amides is 4. The number of nitrogens with zero attached hydrogens (tertiary/aromatic N) is 4. The Bertz CT molecular complexity index is 792.